The van der Waals surface area contributed by atoms with Crippen LogP contribution < -0.4 is 10.9 Å². The number of fused-ring (bicyclic) bond motifs is 3. The van der Waals surface area contributed by atoms with Crippen LogP contribution in [-0.4, -0.2) is 20.4 Å². The van der Waals surface area contributed by atoms with Crippen LogP contribution in [0.4, 0.5) is 5.69 Å². The first-order chi connectivity index (χ1) is 13.3. The van der Waals surface area contributed by atoms with E-state index in [0.717, 1.165) is 32.7 Å². The van der Waals surface area contributed by atoms with Crippen LogP contribution in [0.1, 0.15) is 22.6 Å². The van der Waals surface area contributed by atoms with Crippen molar-refractivity contribution >= 4 is 43.4 Å². The van der Waals surface area contributed by atoms with Gasteiger partial charge in [0.15, 0.2) is 0 Å². The highest BCUT2D eigenvalue weighted by Gasteiger charge is 2.18. The van der Waals surface area contributed by atoms with Crippen LogP contribution >= 0.6 is 11.3 Å². The topological polar surface area (TPSA) is 76.9 Å². The van der Waals surface area contributed by atoms with E-state index >= 15 is 0 Å². The molecule has 28 heavy (non-hydrogen) atoms. The summed E-state index contributed by atoms with van der Waals surface area (Å²) in [6, 6.07) is 9.54. The van der Waals surface area contributed by atoms with E-state index in [9.17, 15) is 9.59 Å². The zero-order chi connectivity index (χ0) is 20.0. The first-order valence-corrected chi connectivity index (χ1v) is 9.80. The van der Waals surface area contributed by atoms with E-state index in [1.54, 1.807) is 6.92 Å². The van der Waals surface area contributed by atoms with E-state index in [0.29, 0.717) is 16.0 Å². The number of amides is 1. The lowest BCUT2D eigenvalue weighted by atomic mass is 10.1. The van der Waals surface area contributed by atoms with E-state index in [1.807, 2.05) is 51.1 Å². The average Bonchev–Trinajstić information content (AvgIpc) is 2.99. The van der Waals surface area contributed by atoms with Gasteiger partial charge in [-0.25, -0.2) is 9.97 Å². The molecule has 0 aliphatic rings. The zero-order valence-electron chi connectivity index (χ0n) is 16.2. The maximum absolute atomic E-state index is 13.1. The Hall–Kier alpha value is -3.06. The molecule has 1 amide bonds. The molecular formula is C21H20N4O2S. The van der Waals surface area contributed by atoms with Crippen LogP contribution in [0, 0.1) is 27.7 Å². The van der Waals surface area contributed by atoms with Crippen molar-refractivity contribution < 1.29 is 4.79 Å². The number of rotatable bonds is 3. The second kappa shape index (κ2) is 6.83. The quantitative estimate of drug-likeness (QED) is 0.574. The normalized spacial score (nSPS) is 11.3. The molecule has 1 aromatic carbocycles. The van der Waals surface area contributed by atoms with Crippen LogP contribution in [0.2, 0.25) is 0 Å². The van der Waals surface area contributed by atoms with Crippen LogP contribution in [0.5, 0.6) is 0 Å². The molecule has 0 spiro atoms. The fraction of sp³-hybridized carbons (Fsp3) is 0.238. The molecule has 0 atom stereocenters. The molecule has 0 saturated carbocycles. The first kappa shape index (κ1) is 18.3. The molecule has 0 saturated heterocycles. The zero-order valence-corrected chi connectivity index (χ0v) is 17.0. The number of benzene rings is 1. The van der Waals surface area contributed by atoms with E-state index in [-0.39, 0.29) is 18.0 Å². The van der Waals surface area contributed by atoms with Crippen molar-refractivity contribution in [3.8, 4) is 0 Å². The number of thiophene rings is 1. The molecule has 4 aromatic rings. The molecule has 3 heterocycles. The Balaban J connectivity index is 1.77. The van der Waals surface area contributed by atoms with E-state index in [2.05, 4.69) is 15.3 Å². The Morgan fingerprint density at radius 3 is 2.61 bits per heavy atom. The fourth-order valence-corrected chi connectivity index (χ4v) is 4.58. The number of hydrogen-bond acceptors (Lipinski definition) is 5. The van der Waals surface area contributed by atoms with Gasteiger partial charge < -0.3 is 5.32 Å². The molecule has 4 rings (SSSR count). The smallest absolute Gasteiger partial charge is 0.272 e. The highest BCUT2D eigenvalue weighted by Crippen LogP contribution is 2.32. The number of nitrogens with zero attached hydrogens (tertiary/aromatic N) is 3. The molecule has 0 unspecified atom stereocenters. The van der Waals surface area contributed by atoms with Gasteiger partial charge in [-0.15, -0.1) is 11.3 Å². The minimum Gasteiger partial charge on any atom is -0.324 e. The molecule has 1 N–H and O–H groups in total. The number of aryl methyl sites for hydroxylation is 4. The number of aromatic nitrogens is 3. The molecule has 142 valence electrons. The largest absolute Gasteiger partial charge is 0.324 e. The predicted molar refractivity (Wildman–Crippen MR) is 113 cm³/mol. The molecular weight excluding hydrogens is 372 g/mol. The monoisotopic (exact) mass is 392 g/mol. The Kier molecular flexibility index (Phi) is 4.47. The SMILES string of the molecule is Cc1cc(C)c2c(n1)sc1c(=O)n(CC(=O)Nc3ccccc3C)c(C)nc12. The van der Waals surface area contributed by atoms with Crippen LogP contribution in [0.25, 0.3) is 20.4 Å². The summed E-state index contributed by atoms with van der Waals surface area (Å²) in [5.41, 5.74) is 4.13. The lowest BCUT2D eigenvalue weighted by molar-refractivity contribution is -0.116. The van der Waals surface area contributed by atoms with Crippen LogP contribution in [0.3, 0.4) is 0 Å². The molecule has 0 fully saturated rings. The minimum absolute atomic E-state index is 0.0817. The van der Waals surface area contributed by atoms with Crippen molar-refractivity contribution in [3.63, 3.8) is 0 Å². The number of carbonyl (C=O) groups is 1. The number of hydrogen-bond donors (Lipinski definition) is 1. The summed E-state index contributed by atoms with van der Waals surface area (Å²) in [6.07, 6.45) is 0. The second-order valence-electron chi connectivity index (χ2n) is 6.95. The lowest BCUT2D eigenvalue weighted by Gasteiger charge is -2.11. The third-order valence-electron chi connectivity index (χ3n) is 4.79. The van der Waals surface area contributed by atoms with Crippen molar-refractivity contribution in [1.82, 2.24) is 14.5 Å². The molecule has 0 bridgehead atoms. The van der Waals surface area contributed by atoms with Gasteiger partial charge in [0.25, 0.3) is 5.56 Å². The van der Waals surface area contributed by atoms with E-state index in [1.165, 1.54) is 15.9 Å². The Bertz CT molecular complexity index is 1300. The van der Waals surface area contributed by atoms with E-state index < -0.39 is 0 Å². The Morgan fingerprint density at radius 2 is 1.86 bits per heavy atom. The minimum atomic E-state index is -0.257. The van der Waals surface area contributed by atoms with Crippen molar-refractivity contribution in [1.29, 1.82) is 0 Å². The number of nitrogens with one attached hydrogen (secondary N) is 1. The lowest BCUT2D eigenvalue weighted by Crippen LogP contribution is -2.29. The summed E-state index contributed by atoms with van der Waals surface area (Å²) in [5, 5.41) is 3.79. The highest BCUT2D eigenvalue weighted by molar-refractivity contribution is 7.25. The molecule has 0 aliphatic carbocycles. The molecule has 0 radical (unpaired) electrons. The van der Waals surface area contributed by atoms with Gasteiger partial charge in [0.05, 0.1) is 5.52 Å². The van der Waals surface area contributed by atoms with Gasteiger partial charge in [0.1, 0.15) is 21.9 Å². The van der Waals surface area contributed by atoms with Gasteiger partial charge in [-0.05, 0) is 51.0 Å². The number of carbonyl (C=O) groups excluding carboxylic acids is 1. The average molecular weight is 392 g/mol. The highest BCUT2D eigenvalue weighted by atomic mass is 32.1. The Labute approximate surface area is 165 Å². The Morgan fingerprint density at radius 1 is 1.11 bits per heavy atom. The van der Waals surface area contributed by atoms with Crippen molar-refractivity contribution in [2.45, 2.75) is 34.2 Å². The summed E-state index contributed by atoms with van der Waals surface area (Å²) in [5.74, 6) is 0.254. The van der Waals surface area contributed by atoms with Crippen molar-refractivity contribution in [2.75, 3.05) is 5.32 Å². The number of para-hydroxylation sites is 1. The van der Waals surface area contributed by atoms with Crippen LogP contribution in [0.15, 0.2) is 35.1 Å². The molecule has 6 nitrogen and oxygen atoms in total. The number of pyridine rings is 1. The van der Waals surface area contributed by atoms with Gasteiger partial charge in [0, 0.05) is 16.8 Å². The van der Waals surface area contributed by atoms with Gasteiger partial charge in [-0.1, -0.05) is 18.2 Å². The van der Waals surface area contributed by atoms with Gasteiger partial charge >= 0.3 is 0 Å². The summed E-state index contributed by atoms with van der Waals surface area (Å²) >= 11 is 1.33. The third-order valence-corrected chi connectivity index (χ3v) is 5.85. The summed E-state index contributed by atoms with van der Waals surface area (Å²) in [4.78, 5) is 35.6. The summed E-state index contributed by atoms with van der Waals surface area (Å²) < 4.78 is 1.96. The predicted octanol–water partition coefficient (Wildman–Crippen LogP) is 3.88. The summed E-state index contributed by atoms with van der Waals surface area (Å²) in [6.45, 7) is 7.53. The molecule has 0 aliphatic heterocycles. The summed E-state index contributed by atoms with van der Waals surface area (Å²) in [7, 11) is 0. The van der Waals surface area contributed by atoms with Gasteiger partial charge in [-0.3, -0.25) is 14.2 Å². The first-order valence-electron chi connectivity index (χ1n) is 8.98. The fourth-order valence-electron chi connectivity index (χ4n) is 3.40. The van der Waals surface area contributed by atoms with Crippen molar-refractivity contribution in [3.05, 3.63) is 63.3 Å². The van der Waals surface area contributed by atoms with Crippen LogP contribution in [-0.2, 0) is 11.3 Å². The van der Waals surface area contributed by atoms with Gasteiger partial charge in [0.2, 0.25) is 5.91 Å². The number of anilines is 1. The standard InChI is InChI=1S/C21H20N4O2S/c1-11-7-5-6-8-15(11)24-16(26)10-25-14(4)23-18-17-12(2)9-13(3)22-20(17)28-19(18)21(25)27/h5-9H,10H2,1-4H3,(H,24,26). The van der Waals surface area contributed by atoms with Crippen molar-refractivity contribution in [2.24, 2.45) is 0 Å². The maximum atomic E-state index is 13.1. The maximum Gasteiger partial charge on any atom is 0.272 e. The van der Waals surface area contributed by atoms with E-state index in [4.69, 9.17) is 0 Å². The molecule has 3 aromatic heterocycles. The third kappa shape index (κ3) is 3.07. The molecule has 7 heteroatoms. The second-order valence-corrected chi connectivity index (χ2v) is 7.95. The van der Waals surface area contributed by atoms with Gasteiger partial charge in [-0.2, -0.15) is 0 Å².